The highest BCUT2D eigenvalue weighted by Crippen LogP contribution is 2.26. The van der Waals surface area contributed by atoms with Gasteiger partial charge in [0.25, 0.3) is 0 Å². The Bertz CT molecular complexity index is 615. The van der Waals surface area contributed by atoms with Gasteiger partial charge in [-0.1, -0.05) is 35.9 Å². The molecule has 2 aromatic rings. The maximum Gasteiger partial charge on any atom is 0.118 e. The molecule has 122 valence electrons. The number of nitrogens with one attached hydrogen (secondary N) is 3. The van der Waals surface area contributed by atoms with E-state index in [1.165, 1.54) is 11.1 Å². The summed E-state index contributed by atoms with van der Waals surface area (Å²) < 4.78 is 5.22. The summed E-state index contributed by atoms with van der Waals surface area (Å²) in [7, 11) is 1.69. The smallest absolute Gasteiger partial charge is 0.118 e. The van der Waals surface area contributed by atoms with Gasteiger partial charge in [-0.05, 0) is 35.4 Å². The first kappa shape index (κ1) is 16.3. The highest BCUT2D eigenvalue weighted by Gasteiger charge is 2.27. The van der Waals surface area contributed by atoms with Crippen LogP contribution in [0.15, 0.2) is 48.5 Å². The van der Waals surface area contributed by atoms with Crippen LogP contribution in [0.2, 0.25) is 5.02 Å². The summed E-state index contributed by atoms with van der Waals surface area (Å²) in [5, 5.41) is 4.31. The molecule has 0 spiro atoms. The monoisotopic (exact) mass is 331 g/mol. The molecule has 0 radical (unpaired) electrons. The zero-order chi connectivity index (χ0) is 16.1. The predicted octanol–water partition coefficient (Wildman–Crippen LogP) is 2.90. The lowest BCUT2D eigenvalue weighted by Crippen LogP contribution is -2.28. The second-order valence-corrected chi connectivity index (χ2v) is 6.23. The van der Waals surface area contributed by atoms with E-state index < -0.39 is 0 Å². The van der Waals surface area contributed by atoms with Gasteiger partial charge in [0, 0.05) is 30.6 Å². The van der Waals surface area contributed by atoms with Crippen molar-refractivity contribution in [3.8, 4) is 5.75 Å². The third-order valence-corrected chi connectivity index (χ3v) is 4.47. The Morgan fingerprint density at radius 2 is 1.87 bits per heavy atom. The third-order valence-electron chi connectivity index (χ3n) is 4.22. The van der Waals surface area contributed by atoms with Crippen molar-refractivity contribution < 1.29 is 4.74 Å². The average molecular weight is 332 g/mol. The van der Waals surface area contributed by atoms with Crippen LogP contribution in [0.25, 0.3) is 0 Å². The SMILES string of the molecule is COc1ccc(C2NNCC2CNCc2ccc(Cl)cc2)cc1. The number of hydrogen-bond acceptors (Lipinski definition) is 4. The molecule has 0 amide bonds. The molecule has 1 aliphatic heterocycles. The van der Waals surface area contributed by atoms with Gasteiger partial charge < -0.3 is 10.1 Å². The van der Waals surface area contributed by atoms with Gasteiger partial charge in [-0.25, -0.2) is 5.43 Å². The van der Waals surface area contributed by atoms with Crippen LogP contribution in [0, 0.1) is 5.92 Å². The van der Waals surface area contributed by atoms with Crippen molar-refractivity contribution in [2.75, 3.05) is 20.2 Å². The zero-order valence-electron chi connectivity index (χ0n) is 13.2. The number of methoxy groups -OCH3 is 1. The lowest BCUT2D eigenvalue weighted by Gasteiger charge is -2.19. The lowest BCUT2D eigenvalue weighted by molar-refractivity contribution is 0.413. The normalized spacial score (nSPS) is 20.6. The summed E-state index contributed by atoms with van der Waals surface area (Å²) in [5.41, 5.74) is 9.15. The third kappa shape index (κ3) is 4.24. The molecule has 4 nitrogen and oxygen atoms in total. The zero-order valence-corrected chi connectivity index (χ0v) is 13.9. The minimum absolute atomic E-state index is 0.304. The molecule has 1 saturated heterocycles. The molecule has 0 bridgehead atoms. The predicted molar refractivity (Wildman–Crippen MR) is 93.5 cm³/mol. The minimum atomic E-state index is 0.304. The molecule has 0 saturated carbocycles. The molecule has 5 heteroatoms. The Morgan fingerprint density at radius 3 is 2.57 bits per heavy atom. The second-order valence-electron chi connectivity index (χ2n) is 5.79. The number of halogens is 1. The Kier molecular flexibility index (Phi) is 5.51. The molecule has 0 aromatic heterocycles. The first-order valence-corrected chi connectivity index (χ1v) is 8.21. The van der Waals surface area contributed by atoms with Crippen LogP contribution in [-0.4, -0.2) is 20.2 Å². The molecule has 1 aliphatic rings. The van der Waals surface area contributed by atoms with Gasteiger partial charge in [0.05, 0.1) is 13.2 Å². The highest BCUT2D eigenvalue weighted by molar-refractivity contribution is 6.30. The molecule has 0 aliphatic carbocycles. The van der Waals surface area contributed by atoms with E-state index in [1.54, 1.807) is 7.11 Å². The van der Waals surface area contributed by atoms with E-state index in [-0.39, 0.29) is 0 Å². The fourth-order valence-electron chi connectivity index (χ4n) is 2.90. The molecule has 3 rings (SSSR count). The van der Waals surface area contributed by atoms with Crippen molar-refractivity contribution >= 4 is 11.6 Å². The molecule has 2 unspecified atom stereocenters. The molecular formula is C18H22ClN3O. The first-order chi connectivity index (χ1) is 11.3. The quantitative estimate of drug-likeness (QED) is 0.761. The molecule has 1 heterocycles. The summed E-state index contributed by atoms with van der Waals surface area (Å²) in [6.07, 6.45) is 0. The van der Waals surface area contributed by atoms with Gasteiger partial charge in [-0.15, -0.1) is 0 Å². The summed E-state index contributed by atoms with van der Waals surface area (Å²) >= 11 is 5.91. The number of hydrazine groups is 1. The fraction of sp³-hybridized carbons (Fsp3) is 0.333. The van der Waals surface area contributed by atoms with Crippen molar-refractivity contribution in [3.05, 3.63) is 64.7 Å². The van der Waals surface area contributed by atoms with Crippen LogP contribution in [0.1, 0.15) is 17.2 Å². The van der Waals surface area contributed by atoms with Crippen LogP contribution in [0.5, 0.6) is 5.75 Å². The Labute approximate surface area is 142 Å². The Balaban J connectivity index is 1.55. The van der Waals surface area contributed by atoms with Gasteiger partial charge in [-0.3, -0.25) is 5.43 Å². The van der Waals surface area contributed by atoms with E-state index in [0.29, 0.717) is 12.0 Å². The van der Waals surface area contributed by atoms with Crippen molar-refractivity contribution in [2.24, 2.45) is 5.92 Å². The van der Waals surface area contributed by atoms with E-state index in [4.69, 9.17) is 16.3 Å². The van der Waals surface area contributed by atoms with Crippen LogP contribution in [0.3, 0.4) is 0 Å². The van der Waals surface area contributed by atoms with Crippen molar-refractivity contribution in [3.63, 3.8) is 0 Å². The van der Waals surface area contributed by atoms with Crippen LogP contribution in [0.4, 0.5) is 0 Å². The number of benzene rings is 2. The topological polar surface area (TPSA) is 45.3 Å². The summed E-state index contributed by atoms with van der Waals surface area (Å²) in [4.78, 5) is 0. The van der Waals surface area contributed by atoms with Crippen molar-refractivity contribution in [1.82, 2.24) is 16.2 Å². The number of ether oxygens (including phenoxy) is 1. The fourth-order valence-corrected chi connectivity index (χ4v) is 3.02. The lowest BCUT2D eigenvalue weighted by atomic mass is 9.95. The van der Waals surface area contributed by atoms with E-state index in [9.17, 15) is 0 Å². The molecule has 3 N–H and O–H groups in total. The second kappa shape index (κ2) is 7.79. The minimum Gasteiger partial charge on any atom is -0.497 e. The summed E-state index contributed by atoms with van der Waals surface area (Å²) in [6.45, 7) is 2.74. The van der Waals surface area contributed by atoms with E-state index >= 15 is 0 Å². The maximum absolute atomic E-state index is 5.91. The van der Waals surface area contributed by atoms with Gasteiger partial charge >= 0.3 is 0 Å². The Hall–Kier alpha value is -1.59. The average Bonchev–Trinajstić information content (AvgIpc) is 3.05. The number of hydrogen-bond donors (Lipinski definition) is 3. The van der Waals surface area contributed by atoms with Crippen LogP contribution < -0.4 is 20.9 Å². The van der Waals surface area contributed by atoms with Crippen molar-refractivity contribution in [2.45, 2.75) is 12.6 Å². The molecule has 1 fully saturated rings. The van der Waals surface area contributed by atoms with Gasteiger partial charge in [0.15, 0.2) is 0 Å². The maximum atomic E-state index is 5.91. The van der Waals surface area contributed by atoms with Crippen LogP contribution in [-0.2, 0) is 6.54 Å². The highest BCUT2D eigenvalue weighted by atomic mass is 35.5. The molecular weight excluding hydrogens is 310 g/mol. The standard InChI is InChI=1S/C18H22ClN3O/c1-23-17-8-4-14(5-9-17)18-15(12-21-22-18)11-20-10-13-2-6-16(19)7-3-13/h2-9,15,18,20-22H,10-12H2,1H3. The van der Waals surface area contributed by atoms with Gasteiger partial charge in [-0.2, -0.15) is 0 Å². The number of rotatable bonds is 6. The molecule has 2 aromatic carbocycles. The summed E-state index contributed by atoms with van der Waals surface area (Å²) in [6, 6.07) is 16.5. The molecule has 2 atom stereocenters. The first-order valence-electron chi connectivity index (χ1n) is 7.84. The van der Waals surface area contributed by atoms with E-state index in [0.717, 1.165) is 30.4 Å². The van der Waals surface area contributed by atoms with Crippen molar-refractivity contribution in [1.29, 1.82) is 0 Å². The Morgan fingerprint density at radius 1 is 1.13 bits per heavy atom. The summed E-state index contributed by atoms with van der Waals surface area (Å²) in [5.74, 6) is 1.38. The van der Waals surface area contributed by atoms with Gasteiger partial charge in [0.1, 0.15) is 5.75 Å². The molecule has 23 heavy (non-hydrogen) atoms. The van der Waals surface area contributed by atoms with Crippen LogP contribution >= 0.6 is 11.6 Å². The van der Waals surface area contributed by atoms with E-state index in [2.05, 4.69) is 40.4 Å². The van der Waals surface area contributed by atoms with E-state index in [1.807, 2.05) is 24.3 Å². The van der Waals surface area contributed by atoms with Gasteiger partial charge in [0.2, 0.25) is 0 Å². The largest absolute Gasteiger partial charge is 0.497 e.